The number of nitrogen functional groups attached to an aromatic ring is 1. The molecule has 0 aliphatic heterocycles. The van der Waals surface area contributed by atoms with Gasteiger partial charge in [-0.05, 0) is 41.5 Å². The van der Waals surface area contributed by atoms with Crippen LogP contribution in [0.2, 0.25) is 5.02 Å². The van der Waals surface area contributed by atoms with Gasteiger partial charge in [-0.25, -0.2) is 0 Å². The van der Waals surface area contributed by atoms with Crippen LogP contribution in [0, 0.1) is 5.41 Å². The maximum atomic E-state index is 7.44. The Morgan fingerprint density at radius 1 is 1.00 bits per heavy atom. The lowest BCUT2D eigenvalue weighted by Crippen LogP contribution is -2.10. The first-order valence-electron chi connectivity index (χ1n) is 6.97. The van der Waals surface area contributed by atoms with Crippen molar-refractivity contribution in [2.45, 2.75) is 0 Å². The predicted octanol–water partition coefficient (Wildman–Crippen LogP) is 5.03. The first kappa shape index (κ1) is 15.6. The van der Waals surface area contributed by atoms with E-state index in [0.29, 0.717) is 10.8 Å². The number of nitrogens with two attached hydrogens (primary N) is 1. The third-order valence-electron chi connectivity index (χ3n) is 3.52. The van der Waals surface area contributed by atoms with Gasteiger partial charge in [-0.3, -0.25) is 5.41 Å². The van der Waals surface area contributed by atoms with Crippen LogP contribution >= 0.6 is 22.9 Å². The molecule has 2 aromatic carbocycles. The van der Waals surface area contributed by atoms with Crippen molar-refractivity contribution in [1.29, 1.82) is 5.41 Å². The van der Waals surface area contributed by atoms with Crippen molar-refractivity contribution in [3.8, 4) is 26.6 Å². The molecule has 3 aromatic rings. The number of nitrogens with one attached hydrogen (secondary N) is 1. The van der Waals surface area contributed by atoms with Gasteiger partial charge in [-0.15, -0.1) is 11.3 Å². The second-order valence-electron chi connectivity index (χ2n) is 5.00. The van der Waals surface area contributed by atoms with Crippen LogP contribution in [0.25, 0.3) is 20.9 Å². The molecule has 5 heteroatoms. The summed E-state index contributed by atoms with van der Waals surface area (Å²) in [4.78, 5) is 2.29. The Hall–Kier alpha value is -2.30. The van der Waals surface area contributed by atoms with E-state index in [1.165, 1.54) is 0 Å². The van der Waals surface area contributed by atoms with Crippen LogP contribution in [-0.4, -0.2) is 12.9 Å². The molecule has 0 saturated heterocycles. The summed E-state index contributed by atoms with van der Waals surface area (Å²) < 4.78 is 5.18. The highest BCUT2D eigenvalue weighted by Gasteiger charge is 2.08. The van der Waals surface area contributed by atoms with E-state index in [0.717, 1.165) is 26.4 Å². The summed E-state index contributed by atoms with van der Waals surface area (Å²) in [5, 5.41) is 8.04. The van der Waals surface area contributed by atoms with Gasteiger partial charge >= 0.3 is 0 Å². The van der Waals surface area contributed by atoms with Crippen molar-refractivity contribution in [2.75, 3.05) is 7.11 Å². The Morgan fingerprint density at radius 2 is 1.61 bits per heavy atom. The van der Waals surface area contributed by atoms with Gasteiger partial charge in [0.15, 0.2) is 0 Å². The van der Waals surface area contributed by atoms with Gasteiger partial charge in [0.2, 0.25) is 0 Å². The summed E-state index contributed by atoms with van der Waals surface area (Å²) in [5.41, 5.74) is 8.38. The highest BCUT2D eigenvalue weighted by molar-refractivity contribution is 7.18. The number of benzene rings is 2. The Morgan fingerprint density at radius 3 is 2.17 bits per heavy atom. The van der Waals surface area contributed by atoms with Gasteiger partial charge in [0, 0.05) is 15.3 Å². The van der Waals surface area contributed by atoms with Crippen LogP contribution in [0.5, 0.6) is 5.75 Å². The Balaban J connectivity index is 1.91. The van der Waals surface area contributed by atoms with Gasteiger partial charge in [-0.1, -0.05) is 35.9 Å². The maximum Gasteiger partial charge on any atom is 0.137 e. The van der Waals surface area contributed by atoms with Crippen molar-refractivity contribution >= 4 is 28.8 Å². The van der Waals surface area contributed by atoms with E-state index in [1.807, 2.05) is 42.5 Å². The van der Waals surface area contributed by atoms with Crippen molar-refractivity contribution < 1.29 is 4.74 Å². The first-order valence-corrected chi connectivity index (χ1v) is 8.16. The van der Waals surface area contributed by atoms with Crippen LogP contribution in [-0.2, 0) is 0 Å². The fraction of sp³-hybridized carbons (Fsp3) is 0.0556. The fourth-order valence-corrected chi connectivity index (χ4v) is 3.55. The molecule has 116 valence electrons. The molecule has 0 unspecified atom stereocenters. The van der Waals surface area contributed by atoms with Crippen LogP contribution in [0.4, 0.5) is 0 Å². The van der Waals surface area contributed by atoms with Crippen molar-refractivity contribution in [1.82, 2.24) is 0 Å². The molecule has 0 amide bonds. The standard InChI is InChI=1S/C18H15ClN2OS/c1-22-15-7-6-13(10-14(15)19)17-9-8-16(23-17)11-2-4-12(5-3-11)18(20)21/h2-10H,1H3,(H3,20,21). The molecule has 0 radical (unpaired) electrons. The van der Waals surface area contributed by atoms with E-state index >= 15 is 0 Å². The summed E-state index contributed by atoms with van der Waals surface area (Å²) in [5.74, 6) is 0.753. The van der Waals surface area contributed by atoms with E-state index < -0.39 is 0 Å². The van der Waals surface area contributed by atoms with Gasteiger partial charge < -0.3 is 10.5 Å². The summed E-state index contributed by atoms with van der Waals surface area (Å²) in [6.07, 6.45) is 0. The smallest absolute Gasteiger partial charge is 0.137 e. The molecular formula is C18H15ClN2OS. The molecule has 1 aromatic heterocycles. The second kappa shape index (κ2) is 6.44. The monoisotopic (exact) mass is 342 g/mol. The minimum atomic E-state index is 0.0799. The summed E-state index contributed by atoms with van der Waals surface area (Å²) >= 11 is 7.89. The lowest BCUT2D eigenvalue weighted by molar-refractivity contribution is 0.415. The minimum Gasteiger partial charge on any atom is -0.495 e. The van der Waals surface area contributed by atoms with Crippen LogP contribution < -0.4 is 10.5 Å². The molecule has 3 nitrogen and oxygen atoms in total. The molecule has 0 spiro atoms. The number of thiophene rings is 1. The molecule has 0 fully saturated rings. The third-order valence-corrected chi connectivity index (χ3v) is 5.00. The number of ether oxygens (including phenoxy) is 1. The average molecular weight is 343 g/mol. The average Bonchev–Trinajstić information content (AvgIpc) is 3.05. The Labute approximate surface area is 143 Å². The molecular weight excluding hydrogens is 328 g/mol. The molecule has 0 atom stereocenters. The normalized spacial score (nSPS) is 10.5. The third kappa shape index (κ3) is 3.23. The Bertz CT molecular complexity index is 856. The number of methoxy groups -OCH3 is 1. The van der Waals surface area contributed by atoms with Crippen molar-refractivity contribution in [3.63, 3.8) is 0 Å². The number of rotatable bonds is 4. The first-order chi connectivity index (χ1) is 11.1. The van der Waals surface area contributed by atoms with E-state index in [9.17, 15) is 0 Å². The lowest BCUT2D eigenvalue weighted by Gasteiger charge is -2.04. The van der Waals surface area contributed by atoms with Crippen molar-refractivity contribution in [2.24, 2.45) is 5.73 Å². The SMILES string of the molecule is COc1ccc(-c2ccc(-c3ccc(C(=N)N)cc3)s2)cc1Cl. The van der Waals surface area contributed by atoms with Gasteiger partial charge in [0.25, 0.3) is 0 Å². The summed E-state index contributed by atoms with van der Waals surface area (Å²) in [6, 6.07) is 17.6. The minimum absolute atomic E-state index is 0.0799. The van der Waals surface area contributed by atoms with E-state index in [2.05, 4.69) is 12.1 Å². The zero-order valence-corrected chi connectivity index (χ0v) is 14.0. The molecule has 3 N–H and O–H groups in total. The summed E-state index contributed by atoms with van der Waals surface area (Å²) in [7, 11) is 1.61. The van der Waals surface area contributed by atoms with Gasteiger partial charge in [0.1, 0.15) is 11.6 Å². The molecule has 0 bridgehead atoms. The second-order valence-corrected chi connectivity index (χ2v) is 6.50. The van der Waals surface area contributed by atoms with Gasteiger partial charge in [0.05, 0.1) is 12.1 Å². The molecule has 23 heavy (non-hydrogen) atoms. The predicted molar refractivity (Wildman–Crippen MR) is 97.8 cm³/mol. The highest BCUT2D eigenvalue weighted by atomic mass is 35.5. The van der Waals surface area contributed by atoms with Crippen LogP contribution in [0.3, 0.4) is 0 Å². The molecule has 0 saturated carbocycles. The quantitative estimate of drug-likeness (QED) is 0.516. The van der Waals surface area contributed by atoms with E-state index in [-0.39, 0.29) is 5.84 Å². The van der Waals surface area contributed by atoms with E-state index in [1.54, 1.807) is 18.4 Å². The number of amidine groups is 1. The molecule has 0 aliphatic rings. The topological polar surface area (TPSA) is 59.1 Å². The van der Waals surface area contributed by atoms with E-state index in [4.69, 9.17) is 27.5 Å². The number of halogens is 1. The molecule has 3 rings (SSSR count). The molecule has 0 aliphatic carbocycles. The van der Waals surface area contributed by atoms with Gasteiger partial charge in [-0.2, -0.15) is 0 Å². The maximum absolute atomic E-state index is 7.44. The van der Waals surface area contributed by atoms with Crippen LogP contribution in [0.15, 0.2) is 54.6 Å². The Kier molecular flexibility index (Phi) is 4.37. The fourth-order valence-electron chi connectivity index (χ4n) is 2.28. The van der Waals surface area contributed by atoms with Crippen molar-refractivity contribution in [3.05, 3.63) is 65.2 Å². The zero-order chi connectivity index (χ0) is 16.4. The summed E-state index contributed by atoms with van der Waals surface area (Å²) in [6.45, 7) is 0. The van der Waals surface area contributed by atoms with Crippen LogP contribution in [0.1, 0.15) is 5.56 Å². The zero-order valence-electron chi connectivity index (χ0n) is 12.5. The molecule has 1 heterocycles. The lowest BCUT2D eigenvalue weighted by atomic mass is 10.1. The number of hydrogen-bond acceptors (Lipinski definition) is 3. The highest BCUT2D eigenvalue weighted by Crippen LogP contribution is 2.37. The number of hydrogen-bond donors (Lipinski definition) is 2. The largest absolute Gasteiger partial charge is 0.495 e.